The molecule has 10 heteroatoms. The highest BCUT2D eigenvalue weighted by Crippen LogP contribution is 2.22. The molecular formula is C11H16F3N3O4. The van der Waals surface area contributed by atoms with Crippen LogP contribution in [0.5, 0.6) is 0 Å². The molecule has 0 saturated carbocycles. The van der Waals surface area contributed by atoms with Gasteiger partial charge in [-0.3, -0.25) is 9.63 Å². The maximum absolute atomic E-state index is 12.2. The monoisotopic (exact) mass is 311 g/mol. The van der Waals surface area contributed by atoms with Gasteiger partial charge in [0.15, 0.2) is 0 Å². The Hall–Kier alpha value is -1.84. The highest BCUT2D eigenvalue weighted by molar-refractivity contribution is 6.06. The fraction of sp³-hybridized carbons (Fsp3) is 0.727. The molecule has 1 unspecified atom stereocenters. The minimum Gasteiger partial charge on any atom is -0.442 e. The van der Waals surface area contributed by atoms with Gasteiger partial charge >= 0.3 is 12.3 Å². The molecule has 0 aromatic heterocycles. The van der Waals surface area contributed by atoms with Crippen LogP contribution in [0, 0.1) is 5.92 Å². The van der Waals surface area contributed by atoms with Gasteiger partial charge in [0.05, 0.1) is 6.61 Å². The number of halogens is 3. The SMILES string of the molecule is CC(C)(C)OC(=O)N=C(N)C1CON(CC(F)(F)F)C1=O. The topological polar surface area (TPSA) is 94.2 Å². The summed E-state index contributed by atoms with van der Waals surface area (Å²) < 4.78 is 41.4. The molecule has 0 radical (unpaired) electrons. The molecule has 1 saturated heterocycles. The standard InChI is InChI=1S/C11H16F3N3O4/c1-10(2,3)21-9(19)16-7(15)6-4-20-17(8(6)18)5-11(12,13)14/h6H,4-5H2,1-3H3,(H2,15,16,19). The van der Waals surface area contributed by atoms with Crippen molar-refractivity contribution in [2.24, 2.45) is 16.6 Å². The van der Waals surface area contributed by atoms with Crippen molar-refractivity contribution in [3.63, 3.8) is 0 Å². The number of amidine groups is 1. The molecule has 1 rings (SSSR count). The van der Waals surface area contributed by atoms with Crippen molar-refractivity contribution in [3.05, 3.63) is 0 Å². The predicted octanol–water partition coefficient (Wildman–Crippen LogP) is 1.23. The van der Waals surface area contributed by atoms with Crippen molar-refractivity contribution >= 4 is 17.8 Å². The predicted molar refractivity (Wildman–Crippen MR) is 65.1 cm³/mol. The Kier molecular flexibility index (Phi) is 4.82. The summed E-state index contributed by atoms with van der Waals surface area (Å²) in [5, 5.41) is 0.155. The van der Waals surface area contributed by atoms with Crippen molar-refractivity contribution in [2.75, 3.05) is 13.2 Å². The van der Waals surface area contributed by atoms with E-state index in [0.29, 0.717) is 0 Å². The van der Waals surface area contributed by atoms with Gasteiger partial charge in [0, 0.05) is 0 Å². The third kappa shape index (κ3) is 5.58. The summed E-state index contributed by atoms with van der Waals surface area (Å²) in [4.78, 5) is 31.0. The van der Waals surface area contributed by atoms with Crippen LogP contribution >= 0.6 is 0 Å². The first-order chi connectivity index (χ1) is 9.39. The number of hydrogen-bond acceptors (Lipinski definition) is 4. The van der Waals surface area contributed by atoms with Gasteiger partial charge < -0.3 is 10.5 Å². The molecule has 120 valence electrons. The lowest BCUT2D eigenvalue weighted by molar-refractivity contribution is -0.214. The summed E-state index contributed by atoms with van der Waals surface area (Å²) in [6.45, 7) is 2.84. The molecule has 2 amide bonds. The molecule has 21 heavy (non-hydrogen) atoms. The van der Waals surface area contributed by atoms with Gasteiger partial charge in [-0.05, 0) is 20.8 Å². The minimum absolute atomic E-state index is 0.155. The van der Waals surface area contributed by atoms with E-state index < -0.39 is 48.7 Å². The van der Waals surface area contributed by atoms with E-state index in [9.17, 15) is 22.8 Å². The van der Waals surface area contributed by atoms with E-state index in [1.54, 1.807) is 20.8 Å². The fourth-order valence-electron chi connectivity index (χ4n) is 1.44. The number of ether oxygens (including phenoxy) is 1. The molecule has 0 bridgehead atoms. The van der Waals surface area contributed by atoms with Gasteiger partial charge in [-0.2, -0.15) is 18.2 Å². The normalized spacial score (nSPS) is 20.9. The van der Waals surface area contributed by atoms with Crippen LogP contribution in [0.15, 0.2) is 4.99 Å². The van der Waals surface area contributed by atoms with Crippen molar-refractivity contribution < 1.29 is 32.3 Å². The highest BCUT2D eigenvalue weighted by atomic mass is 19.4. The van der Waals surface area contributed by atoms with E-state index in [1.807, 2.05) is 0 Å². The number of carbonyl (C=O) groups excluding carboxylic acids is 2. The second kappa shape index (κ2) is 5.88. The number of hydrogen-bond donors (Lipinski definition) is 1. The zero-order chi connectivity index (χ0) is 16.4. The van der Waals surface area contributed by atoms with Crippen LogP contribution < -0.4 is 5.73 Å². The van der Waals surface area contributed by atoms with Crippen LogP contribution in [0.25, 0.3) is 0 Å². The number of amides is 2. The van der Waals surface area contributed by atoms with E-state index in [1.165, 1.54) is 0 Å². The number of carbonyl (C=O) groups is 2. The Morgan fingerprint density at radius 3 is 2.52 bits per heavy atom. The van der Waals surface area contributed by atoms with E-state index in [0.717, 1.165) is 0 Å². The Balaban J connectivity index is 2.70. The first-order valence-corrected chi connectivity index (χ1v) is 5.97. The molecule has 1 aliphatic rings. The Morgan fingerprint density at radius 2 is 2.05 bits per heavy atom. The summed E-state index contributed by atoms with van der Waals surface area (Å²) in [7, 11) is 0. The summed E-state index contributed by atoms with van der Waals surface area (Å²) in [6, 6.07) is 0. The van der Waals surface area contributed by atoms with Crippen molar-refractivity contribution in [3.8, 4) is 0 Å². The average Bonchev–Trinajstić information content (AvgIpc) is 2.54. The van der Waals surface area contributed by atoms with Crippen LogP contribution in [-0.4, -0.2) is 47.8 Å². The smallest absolute Gasteiger partial charge is 0.435 e. The van der Waals surface area contributed by atoms with Crippen LogP contribution in [-0.2, 0) is 14.4 Å². The lowest BCUT2D eigenvalue weighted by Gasteiger charge is -2.18. The zero-order valence-corrected chi connectivity index (χ0v) is 11.7. The van der Waals surface area contributed by atoms with E-state index in [4.69, 9.17) is 10.5 Å². The van der Waals surface area contributed by atoms with E-state index >= 15 is 0 Å². The fourth-order valence-corrected chi connectivity index (χ4v) is 1.44. The Labute approximate surface area is 118 Å². The average molecular weight is 311 g/mol. The van der Waals surface area contributed by atoms with Crippen LogP contribution in [0.2, 0.25) is 0 Å². The molecule has 1 aliphatic heterocycles. The van der Waals surface area contributed by atoms with E-state index in [2.05, 4.69) is 9.83 Å². The van der Waals surface area contributed by atoms with Gasteiger partial charge in [0.2, 0.25) is 0 Å². The first kappa shape index (κ1) is 17.2. The third-order valence-corrected chi connectivity index (χ3v) is 2.23. The van der Waals surface area contributed by atoms with E-state index in [-0.39, 0.29) is 5.06 Å². The van der Waals surface area contributed by atoms with Gasteiger partial charge in [-0.25, -0.2) is 9.86 Å². The summed E-state index contributed by atoms with van der Waals surface area (Å²) in [5.41, 5.74) is 4.65. The molecule has 1 heterocycles. The van der Waals surface area contributed by atoms with Crippen LogP contribution in [0.1, 0.15) is 20.8 Å². The van der Waals surface area contributed by atoms with Crippen LogP contribution in [0.3, 0.4) is 0 Å². The molecule has 7 nitrogen and oxygen atoms in total. The maximum Gasteiger partial charge on any atom is 0.435 e. The van der Waals surface area contributed by atoms with Crippen LogP contribution in [0.4, 0.5) is 18.0 Å². The van der Waals surface area contributed by atoms with Crippen molar-refractivity contribution in [2.45, 2.75) is 32.5 Å². The number of aliphatic imine (C=N–C) groups is 1. The second-order valence-electron chi connectivity index (χ2n) is 5.36. The lowest BCUT2D eigenvalue weighted by atomic mass is 10.1. The van der Waals surface area contributed by atoms with Gasteiger partial charge in [0.25, 0.3) is 5.91 Å². The molecule has 2 N–H and O–H groups in total. The molecule has 0 aliphatic carbocycles. The summed E-state index contributed by atoms with van der Waals surface area (Å²) >= 11 is 0. The molecular weight excluding hydrogens is 295 g/mol. The quantitative estimate of drug-likeness (QED) is 0.611. The number of rotatable bonds is 2. The Bertz CT molecular complexity index is 457. The number of nitrogens with zero attached hydrogens (tertiary/aromatic N) is 2. The van der Waals surface area contributed by atoms with Crippen molar-refractivity contribution in [1.82, 2.24) is 5.06 Å². The highest BCUT2D eigenvalue weighted by Gasteiger charge is 2.42. The molecule has 0 aromatic rings. The van der Waals surface area contributed by atoms with Crippen molar-refractivity contribution in [1.29, 1.82) is 0 Å². The molecule has 1 fully saturated rings. The first-order valence-electron chi connectivity index (χ1n) is 5.97. The number of alkyl halides is 3. The summed E-state index contributed by atoms with van der Waals surface area (Å²) in [5.74, 6) is -2.68. The van der Waals surface area contributed by atoms with Gasteiger partial charge in [-0.1, -0.05) is 0 Å². The second-order valence-corrected chi connectivity index (χ2v) is 5.36. The zero-order valence-electron chi connectivity index (χ0n) is 11.7. The summed E-state index contributed by atoms with van der Waals surface area (Å²) in [6.07, 6.45) is -5.62. The lowest BCUT2D eigenvalue weighted by Crippen LogP contribution is -2.39. The largest absolute Gasteiger partial charge is 0.442 e. The molecule has 0 aromatic carbocycles. The third-order valence-electron chi connectivity index (χ3n) is 2.23. The number of hydroxylamine groups is 2. The minimum atomic E-state index is -4.60. The van der Waals surface area contributed by atoms with Gasteiger partial charge in [-0.15, -0.1) is 0 Å². The molecule has 0 spiro atoms. The number of nitrogens with two attached hydrogens (primary N) is 1. The van der Waals surface area contributed by atoms with Gasteiger partial charge in [0.1, 0.15) is 23.9 Å². The Morgan fingerprint density at radius 1 is 1.48 bits per heavy atom. The maximum atomic E-state index is 12.2. The molecule has 1 atom stereocenters.